The summed E-state index contributed by atoms with van der Waals surface area (Å²) in [5.41, 5.74) is 2.46. The molecule has 0 aliphatic heterocycles. The third kappa shape index (κ3) is 9.15. The van der Waals surface area contributed by atoms with Crippen LogP contribution in [0.5, 0.6) is 0 Å². The first-order valence-corrected chi connectivity index (χ1v) is 7.95. The lowest BCUT2D eigenvalue weighted by Crippen LogP contribution is -2.20. The van der Waals surface area contributed by atoms with Crippen LogP contribution in [0.1, 0.15) is 33.6 Å². The Morgan fingerprint density at radius 1 is 1.28 bits per heavy atom. The third-order valence-corrected chi connectivity index (χ3v) is 3.96. The Labute approximate surface area is 111 Å². The number of carbonyl (C=O) groups excluding carboxylic acids is 1. The fourth-order valence-corrected chi connectivity index (χ4v) is 2.57. The molecular weight excluding hydrogens is 248 g/mol. The van der Waals surface area contributed by atoms with Gasteiger partial charge in [-0.2, -0.15) is 0 Å². The SMILES string of the molecule is C=C(C)C(=O)OCCCC=C[SiH](OCC)OCC. The van der Waals surface area contributed by atoms with E-state index in [2.05, 4.69) is 6.58 Å². The summed E-state index contributed by atoms with van der Waals surface area (Å²) in [4.78, 5) is 11.1. The Morgan fingerprint density at radius 2 is 1.89 bits per heavy atom. The van der Waals surface area contributed by atoms with Crippen LogP contribution in [-0.4, -0.2) is 35.1 Å². The van der Waals surface area contributed by atoms with E-state index in [1.165, 1.54) is 0 Å². The second kappa shape index (κ2) is 11.2. The lowest BCUT2D eigenvalue weighted by Gasteiger charge is -2.10. The van der Waals surface area contributed by atoms with Gasteiger partial charge in [-0.05, 0) is 39.3 Å². The van der Waals surface area contributed by atoms with Crippen LogP contribution in [0.4, 0.5) is 0 Å². The van der Waals surface area contributed by atoms with Crippen molar-refractivity contribution in [3.05, 3.63) is 23.9 Å². The van der Waals surface area contributed by atoms with Gasteiger partial charge in [0.25, 0.3) is 0 Å². The Hall–Kier alpha value is -0.913. The van der Waals surface area contributed by atoms with Gasteiger partial charge in [-0.3, -0.25) is 0 Å². The van der Waals surface area contributed by atoms with E-state index in [1.54, 1.807) is 6.92 Å². The fraction of sp³-hybridized carbons (Fsp3) is 0.615. The van der Waals surface area contributed by atoms with Crippen LogP contribution in [0, 0.1) is 0 Å². The first-order valence-electron chi connectivity index (χ1n) is 6.34. The largest absolute Gasteiger partial charge is 0.462 e. The number of unbranched alkanes of at least 4 members (excludes halogenated alkanes) is 1. The number of carbonyl (C=O) groups is 1. The minimum atomic E-state index is -1.62. The van der Waals surface area contributed by atoms with Gasteiger partial charge in [0, 0.05) is 18.8 Å². The number of allylic oxidation sites excluding steroid dienone is 1. The van der Waals surface area contributed by atoms with Gasteiger partial charge >= 0.3 is 15.3 Å². The minimum Gasteiger partial charge on any atom is -0.462 e. The van der Waals surface area contributed by atoms with Crippen molar-refractivity contribution >= 4 is 15.3 Å². The molecule has 0 unspecified atom stereocenters. The molecule has 0 amide bonds. The molecule has 0 aromatic carbocycles. The van der Waals surface area contributed by atoms with E-state index in [0.29, 0.717) is 25.4 Å². The average molecular weight is 272 g/mol. The third-order valence-electron chi connectivity index (χ3n) is 2.05. The molecular formula is C13H24O4Si. The molecule has 0 aliphatic rings. The van der Waals surface area contributed by atoms with Gasteiger partial charge in [-0.25, -0.2) is 4.79 Å². The molecule has 0 aliphatic carbocycles. The Bertz CT molecular complexity index is 270. The van der Waals surface area contributed by atoms with Crippen LogP contribution in [0.25, 0.3) is 0 Å². The summed E-state index contributed by atoms with van der Waals surface area (Å²) in [6.45, 7) is 10.9. The molecule has 0 rings (SSSR count). The van der Waals surface area contributed by atoms with Gasteiger partial charge in [0.2, 0.25) is 0 Å². The maximum absolute atomic E-state index is 11.1. The molecule has 0 heterocycles. The molecule has 0 N–H and O–H groups in total. The average Bonchev–Trinajstić information content (AvgIpc) is 2.33. The molecule has 0 aromatic rings. The van der Waals surface area contributed by atoms with E-state index < -0.39 is 9.28 Å². The molecule has 0 spiro atoms. The van der Waals surface area contributed by atoms with Crippen molar-refractivity contribution in [2.75, 3.05) is 19.8 Å². The van der Waals surface area contributed by atoms with E-state index in [1.807, 2.05) is 25.6 Å². The number of esters is 1. The number of hydrogen-bond donors (Lipinski definition) is 0. The van der Waals surface area contributed by atoms with E-state index in [-0.39, 0.29) is 5.97 Å². The van der Waals surface area contributed by atoms with Gasteiger partial charge in [0.1, 0.15) is 0 Å². The predicted octanol–water partition coefficient (Wildman–Crippen LogP) is 2.27. The lowest BCUT2D eigenvalue weighted by atomic mass is 10.3. The van der Waals surface area contributed by atoms with E-state index in [9.17, 15) is 4.79 Å². The summed E-state index contributed by atoms with van der Waals surface area (Å²) in [7, 11) is -1.62. The van der Waals surface area contributed by atoms with E-state index in [4.69, 9.17) is 13.6 Å². The van der Waals surface area contributed by atoms with Crippen molar-refractivity contribution in [2.24, 2.45) is 0 Å². The Balaban J connectivity index is 3.68. The standard InChI is InChI=1S/C13H24O4Si/c1-5-16-18(17-6-2)11-9-7-8-10-15-13(14)12(3)4/h9,11,18H,3,5-8,10H2,1-2,4H3. The summed E-state index contributed by atoms with van der Waals surface area (Å²) in [6, 6.07) is 0. The van der Waals surface area contributed by atoms with Crippen molar-refractivity contribution in [1.82, 2.24) is 0 Å². The zero-order valence-corrected chi connectivity index (χ0v) is 12.8. The van der Waals surface area contributed by atoms with Gasteiger partial charge < -0.3 is 13.6 Å². The molecule has 0 bridgehead atoms. The monoisotopic (exact) mass is 272 g/mol. The van der Waals surface area contributed by atoms with Crippen LogP contribution in [0.15, 0.2) is 23.9 Å². The fourth-order valence-electron chi connectivity index (χ4n) is 1.18. The van der Waals surface area contributed by atoms with E-state index in [0.717, 1.165) is 12.8 Å². The Kier molecular flexibility index (Phi) is 10.6. The van der Waals surface area contributed by atoms with E-state index >= 15 is 0 Å². The topological polar surface area (TPSA) is 44.8 Å². The summed E-state index contributed by atoms with van der Waals surface area (Å²) in [5.74, 6) is -0.324. The molecule has 104 valence electrons. The molecule has 0 fully saturated rings. The molecule has 18 heavy (non-hydrogen) atoms. The molecule has 0 saturated heterocycles. The molecule has 0 atom stereocenters. The molecule has 0 aromatic heterocycles. The zero-order chi connectivity index (χ0) is 13.8. The summed E-state index contributed by atoms with van der Waals surface area (Å²) in [5, 5.41) is 0. The summed E-state index contributed by atoms with van der Waals surface area (Å²) < 4.78 is 16.0. The zero-order valence-electron chi connectivity index (χ0n) is 11.6. The Morgan fingerprint density at radius 3 is 2.39 bits per heavy atom. The van der Waals surface area contributed by atoms with Gasteiger partial charge in [-0.15, -0.1) is 0 Å². The maximum Gasteiger partial charge on any atom is 0.348 e. The normalized spacial score (nSPS) is 11.1. The van der Waals surface area contributed by atoms with Crippen LogP contribution in [0.3, 0.4) is 0 Å². The van der Waals surface area contributed by atoms with Gasteiger partial charge in [-0.1, -0.05) is 12.7 Å². The minimum absolute atomic E-state index is 0.324. The molecule has 0 saturated carbocycles. The number of hydrogen-bond acceptors (Lipinski definition) is 4. The quantitative estimate of drug-likeness (QED) is 0.265. The lowest BCUT2D eigenvalue weighted by molar-refractivity contribution is -0.139. The molecule has 4 nitrogen and oxygen atoms in total. The van der Waals surface area contributed by atoms with Crippen molar-refractivity contribution in [3.63, 3.8) is 0 Å². The smallest absolute Gasteiger partial charge is 0.348 e. The summed E-state index contributed by atoms with van der Waals surface area (Å²) >= 11 is 0. The second-order valence-electron chi connectivity index (χ2n) is 3.77. The van der Waals surface area contributed by atoms with Crippen LogP contribution >= 0.6 is 0 Å². The first-order chi connectivity index (χ1) is 8.61. The predicted molar refractivity (Wildman–Crippen MR) is 74.5 cm³/mol. The van der Waals surface area contributed by atoms with Crippen LogP contribution < -0.4 is 0 Å². The highest BCUT2D eigenvalue weighted by Crippen LogP contribution is 1.99. The highest BCUT2D eigenvalue weighted by Gasteiger charge is 2.06. The van der Waals surface area contributed by atoms with Gasteiger partial charge in [0.05, 0.1) is 6.61 Å². The first kappa shape index (κ1) is 17.1. The van der Waals surface area contributed by atoms with Crippen molar-refractivity contribution in [1.29, 1.82) is 0 Å². The van der Waals surface area contributed by atoms with Crippen molar-refractivity contribution < 1.29 is 18.4 Å². The highest BCUT2D eigenvalue weighted by molar-refractivity contribution is 6.50. The van der Waals surface area contributed by atoms with Gasteiger partial charge in [0.15, 0.2) is 0 Å². The highest BCUT2D eigenvalue weighted by atomic mass is 28.3. The number of rotatable bonds is 10. The van der Waals surface area contributed by atoms with Crippen LogP contribution in [0.2, 0.25) is 0 Å². The van der Waals surface area contributed by atoms with Crippen LogP contribution in [-0.2, 0) is 18.4 Å². The second-order valence-corrected chi connectivity index (χ2v) is 5.55. The molecule has 0 radical (unpaired) electrons. The molecule has 5 heteroatoms. The van der Waals surface area contributed by atoms with Crippen molar-refractivity contribution in [2.45, 2.75) is 33.6 Å². The van der Waals surface area contributed by atoms with Crippen molar-refractivity contribution in [3.8, 4) is 0 Å². The maximum atomic E-state index is 11.1. The number of ether oxygens (including phenoxy) is 1. The summed E-state index contributed by atoms with van der Waals surface area (Å²) in [6.07, 6.45) is 3.69.